The first kappa shape index (κ1) is 20.6. The number of hydrogen-bond acceptors (Lipinski definition) is 6. The van der Waals surface area contributed by atoms with E-state index in [2.05, 4.69) is 15.5 Å². The predicted molar refractivity (Wildman–Crippen MR) is 102 cm³/mol. The van der Waals surface area contributed by atoms with Gasteiger partial charge in [-0.1, -0.05) is 29.3 Å². The fraction of sp³-hybridized carbons (Fsp3) is 0.188. The molecule has 2 aromatic heterocycles. The first-order valence-electron chi connectivity index (χ1n) is 8.00. The van der Waals surface area contributed by atoms with Crippen LogP contribution < -0.4 is 10.1 Å². The molecule has 0 aliphatic heterocycles. The highest BCUT2D eigenvalue weighted by atomic mass is 35.5. The summed E-state index contributed by atoms with van der Waals surface area (Å²) in [4.78, 5) is 22.5. The number of methoxy groups -OCH3 is 1. The summed E-state index contributed by atoms with van der Waals surface area (Å²) in [5, 5.41) is 21.7. The van der Waals surface area contributed by atoms with Crippen molar-refractivity contribution in [3.63, 3.8) is 0 Å². The summed E-state index contributed by atoms with van der Waals surface area (Å²) in [5.41, 5.74) is -0.147. The van der Waals surface area contributed by atoms with Gasteiger partial charge in [-0.05, 0) is 12.1 Å². The van der Waals surface area contributed by atoms with Crippen molar-refractivity contribution in [3.05, 3.63) is 62.1 Å². The lowest BCUT2D eigenvalue weighted by atomic mass is 10.2. The van der Waals surface area contributed by atoms with E-state index in [0.717, 1.165) is 10.9 Å². The maximum absolute atomic E-state index is 13.9. The van der Waals surface area contributed by atoms with Gasteiger partial charge in [-0.15, -0.1) is 5.10 Å². The maximum atomic E-state index is 13.9. The number of amides is 1. The van der Waals surface area contributed by atoms with E-state index in [1.54, 1.807) is 6.07 Å². The Hall–Kier alpha value is -3.18. The fourth-order valence-electron chi connectivity index (χ4n) is 2.47. The van der Waals surface area contributed by atoms with Crippen LogP contribution in [0.5, 0.6) is 5.88 Å². The summed E-state index contributed by atoms with van der Waals surface area (Å²) in [5.74, 6) is -1.25. The Morgan fingerprint density at radius 3 is 2.66 bits per heavy atom. The number of rotatable bonds is 7. The quantitative estimate of drug-likeness (QED) is 0.443. The van der Waals surface area contributed by atoms with Crippen molar-refractivity contribution in [2.75, 3.05) is 12.4 Å². The number of nitrogens with zero attached hydrogens (tertiary/aromatic N) is 5. The highest BCUT2D eigenvalue weighted by molar-refractivity contribution is 6.33. The molecule has 0 aliphatic rings. The molecule has 2 heterocycles. The van der Waals surface area contributed by atoms with Gasteiger partial charge in [0.15, 0.2) is 5.82 Å². The molecule has 10 nitrogen and oxygen atoms in total. The Morgan fingerprint density at radius 1 is 1.28 bits per heavy atom. The number of nitro groups is 1. The number of anilines is 1. The number of nitrogens with one attached hydrogen (secondary N) is 1. The van der Waals surface area contributed by atoms with E-state index in [1.807, 2.05) is 0 Å². The largest absolute Gasteiger partial charge is 0.475 e. The topological polar surface area (TPSA) is 117 Å². The molecule has 3 rings (SSSR count). The van der Waals surface area contributed by atoms with E-state index in [4.69, 9.17) is 27.9 Å². The third kappa shape index (κ3) is 4.63. The molecule has 0 saturated carbocycles. The van der Waals surface area contributed by atoms with E-state index >= 15 is 0 Å². The molecule has 0 atom stereocenters. The van der Waals surface area contributed by atoms with Crippen LogP contribution in [0.4, 0.5) is 15.9 Å². The summed E-state index contributed by atoms with van der Waals surface area (Å²) in [6.07, 6.45) is 2.47. The molecular weight excluding hydrogens is 430 g/mol. The number of aromatic nitrogens is 4. The minimum absolute atomic E-state index is 0.00362. The van der Waals surface area contributed by atoms with Gasteiger partial charge < -0.3 is 10.1 Å². The molecule has 152 valence electrons. The molecule has 29 heavy (non-hydrogen) atoms. The van der Waals surface area contributed by atoms with Crippen LogP contribution in [0.25, 0.3) is 0 Å². The average Bonchev–Trinajstić information content (AvgIpc) is 3.21. The van der Waals surface area contributed by atoms with Crippen molar-refractivity contribution >= 4 is 40.6 Å². The molecule has 1 amide bonds. The zero-order valence-corrected chi connectivity index (χ0v) is 16.3. The van der Waals surface area contributed by atoms with Gasteiger partial charge in [-0.3, -0.25) is 24.3 Å². The molecule has 0 radical (unpaired) electrons. The first-order chi connectivity index (χ1) is 13.8. The molecule has 1 aromatic carbocycles. The van der Waals surface area contributed by atoms with Crippen LogP contribution in [0, 0.1) is 15.9 Å². The van der Waals surface area contributed by atoms with E-state index < -0.39 is 16.6 Å². The minimum atomic E-state index is -0.674. The van der Waals surface area contributed by atoms with Gasteiger partial charge in [0, 0.05) is 16.8 Å². The molecule has 1 N–H and O–H groups in total. The molecule has 0 fully saturated rings. The maximum Gasteiger partial charge on any atom is 0.350 e. The van der Waals surface area contributed by atoms with E-state index in [9.17, 15) is 19.3 Å². The van der Waals surface area contributed by atoms with Gasteiger partial charge in [-0.25, -0.2) is 4.39 Å². The lowest BCUT2D eigenvalue weighted by Crippen LogP contribution is -2.19. The van der Waals surface area contributed by atoms with Gasteiger partial charge in [0.05, 0.1) is 18.6 Å². The number of benzene rings is 1. The molecule has 3 aromatic rings. The van der Waals surface area contributed by atoms with Gasteiger partial charge in [0.1, 0.15) is 23.6 Å². The van der Waals surface area contributed by atoms with E-state index in [0.29, 0.717) is 0 Å². The van der Waals surface area contributed by atoms with Crippen molar-refractivity contribution in [3.8, 4) is 5.88 Å². The van der Waals surface area contributed by atoms with Crippen LogP contribution in [-0.2, 0) is 17.9 Å². The number of halogens is 3. The third-order valence-corrected chi connectivity index (χ3v) is 4.39. The predicted octanol–water partition coefficient (Wildman–Crippen LogP) is 3.13. The smallest absolute Gasteiger partial charge is 0.350 e. The molecule has 0 bridgehead atoms. The van der Waals surface area contributed by atoms with Gasteiger partial charge in [-0.2, -0.15) is 5.10 Å². The van der Waals surface area contributed by atoms with Crippen LogP contribution in [0.3, 0.4) is 0 Å². The molecule has 0 aliphatic carbocycles. The monoisotopic (exact) mass is 442 g/mol. The molecule has 0 saturated heterocycles. The summed E-state index contributed by atoms with van der Waals surface area (Å²) in [6, 6.07) is 4.30. The standard InChI is InChI=1S/C16H13Cl2FN6O4/c1-29-16-13(25(27)28)7-24(22-16)8-14(26)20-15-11(18)6-23(21-15)5-9-10(17)3-2-4-12(9)19/h2-4,6-7H,5,8H2,1H3,(H,20,21,26). The number of hydrogen-bond donors (Lipinski definition) is 1. The molecular formula is C16H13Cl2FN6O4. The average molecular weight is 443 g/mol. The van der Waals surface area contributed by atoms with Crippen molar-refractivity contribution in [1.82, 2.24) is 19.6 Å². The number of carbonyl (C=O) groups is 1. The summed E-state index contributed by atoms with van der Waals surface area (Å²) in [7, 11) is 1.23. The minimum Gasteiger partial charge on any atom is -0.475 e. The van der Waals surface area contributed by atoms with Gasteiger partial charge in [0.2, 0.25) is 5.91 Å². The van der Waals surface area contributed by atoms with Crippen molar-refractivity contribution < 1.29 is 18.8 Å². The van der Waals surface area contributed by atoms with Crippen LogP contribution in [0.15, 0.2) is 30.6 Å². The highest BCUT2D eigenvalue weighted by Crippen LogP contribution is 2.25. The number of carbonyl (C=O) groups excluding carboxylic acids is 1. The Kier molecular flexibility index (Phi) is 5.99. The summed E-state index contributed by atoms with van der Waals surface area (Å²) in [6.45, 7) is -0.337. The molecule has 0 unspecified atom stereocenters. The van der Waals surface area contributed by atoms with Gasteiger partial charge in [0.25, 0.3) is 0 Å². The zero-order valence-electron chi connectivity index (χ0n) is 14.8. The fourth-order valence-corrected chi connectivity index (χ4v) is 2.89. The van der Waals surface area contributed by atoms with Crippen LogP contribution in [0.2, 0.25) is 10.0 Å². The summed E-state index contributed by atoms with van der Waals surface area (Å²) < 4.78 is 21.1. The van der Waals surface area contributed by atoms with Crippen LogP contribution >= 0.6 is 23.2 Å². The Bertz CT molecular complexity index is 1060. The second-order valence-corrected chi connectivity index (χ2v) is 6.56. The number of ether oxygens (including phenoxy) is 1. The lowest BCUT2D eigenvalue weighted by Gasteiger charge is -2.06. The Morgan fingerprint density at radius 2 is 2.03 bits per heavy atom. The van der Waals surface area contributed by atoms with Crippen LogP contribution in [0.1, 0.15) is 5.56 Å². The van der Waals surface area contributed by atoms with Crippen LogP contribution in [-0.4, -0.2) is 37.5 Å². The zero-order chi connectivity index (χ0) is 21.1. The lowest BCUT2D eigenvalue weighted by molar-refractivity contribution is -0.385. The first-order valence-corrected chi connectivity index (χ1v) is 8.75. The SMILES string of the molecule is COc1nn(CC(=O)Nc2nn(Cc3c(F)cccc3Cl)cc2Cl)cc1[N+](=O)[O-]. The Balaban J connectivity index is 1.71. The second kappa shape index (κ2) is 8.45. The van der Waals surface area contributed by atoms with E-state index in [1.165, 1.54) is 30.1 Å². The highest BCUT2D eigenvalue weighted by Gasteiger charge is 2.21. The van der Waals surface area contributed by atoms with Crippen molar-refractivity contribution in [1.29, 1.82) is 0 Å². The van der Waals surface area contributed by atoms with Crippen molar-refractivity contribution in [2.24, 2.45) is 0 Å². The third-order valence-electron chi connectivity index (χ3n) is 3.76. The molecule has 0 spiro atoms. The van der Waals surface area contributed by atoms with E-state index in [-0.39, 0.29) is 46.1 Å². The Labute approximate surface area is 172 Å². The van der Waals surface area contributed by atoms with Crippen molar-refractivity contribution in [2.45, 2.75) is 13.1 Å². The van der Waals surface area contributed by atoms with Gasteiger partial charge >= 0.3 is 11.6 Å². The molecule has 13 heteroatoms. The summed E-state index contributed by atoms with van der Waals surface area (Å²) >= 11 is 12.1. The second-order valence-electron chi connectivity index (χ2n) is 5.75. The normalized spacial score (nSPS) is 10.8.